The number of amides is 4. The molecule has 0 aromatic rings. The van der Waals surface area contributed by atoms with E-state index >= 15 is 0 Å². The topological polar surface area (TPSA) is 122 Å². The third-order valence-corrected chi connectivity index (χ3v) is 4.00. The van der Waals surface area contributed by atoms with Crippen molar-refractivity contribution < 1.29 is 19.2 Å². The lowest BCUT2D eigenvalue weighted by Crippen LogP contribution is -2.43. The number of carbonyl (C=O) groups excluding carboxylic acids is 4. The first kappa shape index (κ1) is 22.6. The monoisotopic (exact) mass is 378 g/mol. The Hall–Kier alpha value is -1.42. The van der Waals surface area contributed by atoms with E-state index in [0.717, 1.165) is 0 Å². The van der Waals surface area contributed by atoms with Gasteiger partial charge in [0.05, 0.1) is 11.5 Å². The number of nitrogens with two attached hydrogens (primary N) is 1. The zero-order valence-electron chi connectivity index (χ0n) is 14.1. The molecule has 0 radical (unpaired) electrons. The highest BCUT2D eigenvalue weighted by atomic mass is 32.2. The molecule has 0 unspecified atom stereocenters. The fourth-order valence-electron chi connectivity index (χ4n) is 1.77. The standard InChI is InChI=1S/C14H26N4O4S2/c1-23-9-12(20)16-5-7-18(14(22)4-3-11(15)19)8-6-17-13(21)10-24-2/h3-10H2,1-2H3,(H2,15,19)(H,16,20)(H,17,21). The smallest absolute Gasteiger partial charge is 0.230 e. The number of hydrogen-bond donors (Lipinski definition) is 3. The number of primary amides is 1. The number of hydrogen-bond acceptors (Lipinski definition) is 6. The van der Waals surface area contributed by atoms with Crippen LogP contribution >= 0.6 is 23.5 Å². The first-order valence-electron chi connectivity index (χ1n) is 7.48. The summed E-state index contributed by atoms with van der Waals surface area (Å²) in [6.07, 6.45) is 3.66. The Morgan fingerprint density at radius 2 is 1.33 bits per heavy atom. The maximum Gasteiger partial charge on any atom is 0.230 e. The van der Waals surface area contributed by atoms with Gasteiger partial charge in [0.15, 0.2) is 0 Å². The molecular formula is C14H26N4O4S2. The van der Waals surface area contributed by atoms with Crippen LogP contribution in [0.2, 0.25) is 0 Å². The van der Waals surface area contributed by atoms with Gasteiger partial charge in [-0.1, -0.05) is 0 Å². The maximum atomic E-state index is 12.1. The molecule has 0 fully saturated rings. The normalized spacial score (nSPS) is 10.1. The summed E-state index contributed by atoms with van der Waals surface area (Å²) in [4.78, 5) is 47.3. The lowest BCUT2D eigenvalue weighted by molar-refractivity contribution is -0.133. The minimum absolute atomic E-state index is 0.0207. The molecule has 0 saturated heterocycles. The van der Waals surface area contributed by atoms with Crippen LogP contribution in [0.3, 0.4) is 0 Å². The lowest BCUT2D eigenvalue weighted by atomic mass is 10.2. The molecule has 0 aliphatic carbocycles. The largest absolute Gasteiger partial charge is 0.370 e. The molecule has 0 aliphatic heterocycles. The van der Waals surface area contributed by atoms with Crippen LogP contribution in [-0.4, -0.2) is 78.7 Å². The molecule has 138 valence electrons. The molecule has 0 aromatic heterocycles. The van der Waals surface area contributed by atoms with Crippen molar-refractivity contribution >= 4 is 47.2 Å². The maximum absolute atomic E-state index is 12.1. The Balaban J connectivity index is 4.36. The molecule has 4 amide bonds. The summed E-state index contributed by atoms with van der Waals surface area (Å²) in [7, 11) is 0. The third-order valence-electron chi connectivity index (χ3n) is 2.90. The predicted octanol–water partition coefficient (Wildman–Crippen LogP) is -0.961. The van der Waals surface area contributed by atoms with Crippen molar-refractivity contribution in [2.24, 2.45) is 5.73 Å². The van der Waals surface area contributed by atoms with Gasteiger partial charge >= 0.3 is 0 Å². The van der Waals surface area contributed by atoms with E-state index in [9.17, 15) is 19.2 Å². The zero-order valence-corrected chi connectivity index (χ0v) is 15.8. The fraction of sp³-hybridized carbons (Fsp3) is 0.714. The second-order valence-electron chi connectivity index (χ2n) is 4.91. The minimum atomic E-state index is -0.537. The van der Waals surface area contributed by atoms with Crippen molar-refractivity contribution in [1.29, 1.82) is 0 Å². The number of carbonyl (C=O) groups is 4. The minimum Gasteiger partial charge on any atom is -0.370 e. The highest BCUT2D eigenvalue weighted by Crippen LogP contribution is 1.98. The van der Waals surface area contributed by atoms with Crippen molar-refractivity contribution in [3.05, 3.63) is 0 Å². The summed E-state index contributed by atoms with van der Waals surface area (Å²) in [6.45, 7) is 1.27. The van der Waals surface area contributed by atoms with Crippen LogP contribution in [0.25, 0.3) is 0 Å². The second kappa shape index (κ2) is 14.0. The van der Waals surface area contributed by atoms with Gasteiger partial charge in [-0.2, -0.15) is 23.5 Å². The number of thioether (sulfide) groups is 2. The van der Waals surface area contributed by atoms with E-state index in [1.54, 1.807) is 0 Å². The first-order chi connectivity index (χ1) is 11.4. The van der Waals surface area contributed by atoms with Gasteiger partial charge in [-0.3, -0.25) is 19.2 Å². The van der Waals surface area contributed by atoms with Crippen LogP contribution in [0.4, 0.5) is 0 Å². The summed E-state index contributed by atoms with van der Waals surface area (Å²) in [6, 6.07) is 0. The summed E-state index contributed by atoms with van der Waals surface area (Å²) in [5.41, 5.74) is 5.06. The molecule has 0 rings (SSSR count). The van der Waals surface area contributed by atoms with Crippen LogP contribution in [-0.2, 0) is 19.2 Å². The molecule has 0 aliphatic rings. The molecule has 0 saturated carbocycles. The van der Waals surface area contributed by atoms with Gasteiger partial charge in [-0.25, -0.2) is 0 Å². The van der Waals surface area contributed by atoms with E-state index in [1.807, 2.05) is 12.5 Å². The Labute approximate surface area is 151 Å². The van der Waals surface area contributed by atoms with Crippen LogP contribution in [0.5, 0.6) is 0 Å². The molecular weight excluding hydrogens is 352 g/mol. The second-order valence-corrected chi connectivity index (χ2v) is 6.65. The quantitative estimate of drug-likeness (QED) is 0.379. The molecule has 0 atom stereocenters. The van der Waals surface area contributed by atoms with Gasteiger partial charge in [0.2, 0.25) is 23.6 Å². The first-order valence-corrected chi connectivity index (χ1v) is 10.3. The number of nitrogens with zero attached hydrogens (tertiary/aromatic N) is 1. The van der Waals surface area contributed by atoms with Crippen LogP contribution < -0.4 is 16.4 Å². The van der Waals surface area contributed by atoms with Gasteiger partial charge in [0, 0.05) is 39.0 Å². The van der Waals surface area contributed by atoms with Gasteiger partial charge in [0.1, 0.15) is 0 Å². The van der Waals surface area contributed by atoms with E-state index in [1.165, 1.54) is 28.4 Å². The van der Waals surface area contributed by atoms with Crippen molar-refractivity contribution in [3.63, 3.8) is 0 Å². The van der Waals surface area contributed by atoms with Crippen molar-refractivity contribution in [2.75, 3.05) is 50.2 Å². The highest BCUT2D eigenvalue weighted by Gasteiger charge is 2.14. The molecule has 0 heterocycles. The highest BCUT2D eigenvalue weighted by molar-refractivity contribution is 7.99. The summed E-state index contributed by atoms with van der Waals surface area (Å²) >= 11 is 2.83. The lowest BCUT2D eigenvalue weighted by Gasteiger charge is -2.23. The van der Waals surface area contributed by atoms with E-state index in [4.69, 9.17) is 5.73 Å². The fourth-order valence-corrected chi connectivity index (χ4v) is 2.50. The third kappa shape index (κ3) is 12.1. The Bertz CT molecular complexity index is 411. The van der Waals surface area contributed by atoms with Crippen molar-refractivity contribution in [1.82, 2.24) is 15.5 Å². The van der Waals surface area contributed by atoms with Gasteiger partial charge < -0.3 is 21.3 Å². The van der Waals surface area contributed by atoms with E-state index in [0.29, 0.717) is 37.7 Å². The van der Waals surface area contributed by atoms with Gasteiger partial charge in [-0.05, 0) is 12.5 Å². The summed E-state index contributed by atoms with van der Waals surface area (Å²) in [5, 5.41) is 5.43. The number of rotatable bonds is 13. The van der Waals surface area contributed by atoms with Crippen molar-refractivity contribution in [3.8, 4) is 0 Å². The van der Waals surface area contributed by atoms with Crippen LogP contribution in [0.1, 0.15) is 12.8 Å². The molecule has 24 heavy (non-hydrogen) atoms. The van der Waals surface area contributed by atoms with E-state index in [2.05, 4.69) is 10.6 Å². The Morgan fingerprint density at radius 3 is 1.71 bits per heavy atom. The molecule has 0 bridgehead atoms. The average Bonchev–Trinajstić information content (AvgIpc) is 2.51. The molecule has 4 N–H and O–H groups in total. The Morgan fingerprint density at radius 1 is 0.875 bits per heavy atom. The average molecular weight is 379 g/mol. The molecule has 0 spiro atoms. The molecule has 8 nitrogen and oxygen atoms in total. The Kier molecular flexibility index (Phi) is 13.1. The van der Waals surface area contributed by atoms with Crippen LogP contribution in [0, 0.1) is 0 Å². The SMILES string of the molecule is CSCC(=O)NCCN(CCNC(=O)CSC)C(=O)CCC(N)=O. The van der Waals surface area contributed by atoms with E-state index in [-0.39, 0.29) is 30.6 Å². The van der Waals surface area contributed by atoms with Gasteiger partial charge in [-0.15, -0.1) is 0 Å². The number of nitrogens with one attached hydrogen (secondary N) is 2. The van der Waals surface area contributed by atoms with E-state index < -0.39 is 5.91 Å². The van der Waals surface area contributed by atoms with Crippen LogP contribution in [0.15, 0.2) is 0 Å². The zero-order chi connectivity index (χ0) is 18.4. The summed E-state index contributed by atoms with van der Waals surface area (Å²) < 4.78 is 0. The van der Waals surface area contributed by atoms with Crippen molar-refractivity contribution in [2.45, 2.75) is 12.8 Å². The predicted molar refractivity (Wildman–Crippen MR) is 97.8 cm³/mol. The summed E-state index contributed by atoms with van der Waals surface area (Å²) in [5.74, 6) is -0.238. The molecule has 10 heteroatoms. The molecule has 0 aromatic carbocycles. The van der Waals surface area contributed by atoms with Gasteiger partial charge in [0.25, 0.3) is 0 Å².